The molecule has 2 heterocycles. The van der Waals surface area contributed by atoms with Crippen LogP contribution < -0.4 is 9.64 Å². The first kappa shape index (κ1) is 18.8. The van der Waals surface area contributed by atoms with Crippen LogP contribution >= 0.6 is 0 Å². The number of methoxy groups -OCH3 is 1. The standard InChI is InChI=1S/C21H17FN2O5/c1-12-20(27)29-21(23-12,13-3-5-14(22)6-4-13)17-11-18(25)24(19(17)26)15-7-9-16(28-2)10-8-15/h3-10,17H,11H2,1-2H3/t17-,21-/m0/s1. The number of rotatable bonds is 4. The Morgan fingerprint density at radius 3 is 2.31 bits per heavy atom. The normalized spacial score (nSPS) is 24.0. The van der Waals surface area contributed by atoms with Gasteiger partial charge in [0.1, 0.15) is 23.2 Å². The molecule has 1 saturated heterocycles. The Bertz CT molecular complexity index is 1030. The number of imide groups is 1. The van der Waals surface area contributed by atoms with Crippen LogP contribution in [0, 0.1) is 11.7 Å². The van der Waals surface area contributed by atoms with Gasteiger partial charge in [0, 0.05) is 12.0 Å². The average Bonchev–Trinajstić information content (AvgIpc) is 3.18. The molecule has 1 fully saturated rings. The zero-order valence-electron chi connectivity index (χ0n) is 15.7. The summed E-state index contributed by atoms with van der Waals surface area (Å²) < 4.78 is 24.1. The Morgan fingerprint density at radius 1 is 1.10 bits per heavy atom. The highest BCUT2D eigenvalue weighted by molar-refractivity contribution is 6.37. The van der Waals surface area contributed by atoms with Gasteiger partial charge in [0.25, 0.3) is 0 Å². The number of nitrogens with zero attached hydrogens (tertiary/aromatic N) is 2. The van der Waals surface area contributed by atoms with E-state index in [-0.39, 0.29) is 12.1 Å². The molecule has 0 spiro atoms. The fourth-order valence-corrected chi connectivity index (χ4v) is 3.64. The molecular weight excluding hydrogens is 379 g/mol. The summed E-state index contributed by atoms with van der Waals surface area (Å²) in [5.74, 6) is -2.64. The van der Waals surface area contributed by atoms with Crippen molar-refractivity contribution in [3.05, 3.63) is 59.9 Å². The van der Waals surface area contributed by atoms with Crippen molar-refractivity contribution in [3.8, 4) is 5.75 Å². The molecule has 0 radical (unpaired) electrons. The molecule has 2 aromatic carbocycles. The van der Waals surface area contributed by atoms with Gasteiger partial charge in [0.15, 0.2) is 0 Å². The van der Waals surface area contributed by atoms with Crippen LogP contribution in [-0.4, -0.2) is 30.6 Å². The van der Waals surface area contributed by atoms with Crippen molar-refractivity contribution in [2.45, 2.75) is 19.1 Å². The summed E-state index contributed by atoms with van der Waals surface area (Å²) in [4.78, 5) is 43.5. The minimum absolute atomic E-state index is 0.0810. The van der Waals surface area contributed by atoms with Crippen molar-refractivity contribution >= 4 is 29.2 Å². The second-order valence-electron chi connectivity index (χ2n) is 6.81. The Labute approximate surface area is 165 Å². The average molecular weight is 396 g/mol. The number of aliphatic imine (C=N–C) groups is 1. The second kappa shape index (κ2) is 6.80. The number of carbonyl (C=O) groups is 3. The third-order valence-corrected chi connectivity index (χ3v) is 5.08. The second-order valence-corrected chi connectivity index (χ2v) is 6.81. The van der Waals surface area contributed by atoms with Crippen molar-refractivity contribution in [3.63, 3.8) is 0 Å². The van der Waals surface area contributed by atoms with E-state index in [0.29, 0.717) is 17.0 Å². The molecule has 0 saturated carbocycles. The van der Waals surface area contributed by atoms with Crippen LogP contribution in [-0.2, 0) is 24.8 Å². The topological polar surface area (TPSA) is 85.3 Å². The van der Waals surface area contributed by atoms with E-state index in [0.717, 1.165) is 4.90 Å². The first-order valence-electron chi connectivity index (χ1n) is 8.92. The van der Waals surface area contributed by atoms with Crippen molar-refractivity contribution in [1.29, 1.82) is 0 Å². The Morgan fingerprint density at radius 2 is 1.76 bits per heavy atom. The molecule has 2 aromatic rings. The number of anilines is 1. The van der Waals surface area contributed by atoms with E-state index in [1.54, 1.807) is 24.3 Å². The summed E-state index contributed by atoms with van der Waals surface area (Å²) in [5, 5.41) is 0. The molecule has 0 aliphatic carbocycles. The first-order chi connectivity index (χ1) is 13.9. The van der Waals surface area contributed by atoms with E-state index in [2.05, 4.69) is 4.99 Å². The molecular formula is C21H17FN2O5. The van der Waals surface area contributed by atoms with Gasteiger partial charge >= 0.3 is 5.97 Å². The van der Waals surface area contributed by atoms with Crippen molar-refractivity contribution < 1.29 is 28.2 Å². The van der Waals surface area contributed by atoms with E-state index in [4.69, 9.17) is 9.47 Å². The fourth-order valence-electron chi connectivity index (χ4n) is 3.64. The van der Waals surface area contributed by atoms with Crippen LogP contribution in [0.2, 0.25) is 0 Å². The van der Waals surface area contributed by atoms with Crippen molar-refractivity contribution in [1.82, 2.24) is 0 Å². The summed E-state index contributed by atoms with van der Waals surface area (Å²) in [6, 6.07) is 11.6. The lowest BCUT2D eigenvalue weighted by Crippen LogP contribution is -2.40. The smallest absolute Gasteiger partial charge is 0.354 e. The molecule has 0 N–H and O–H groups in total. The van der Waals surface area contributed by atoms with E-state index in [9.17, 15) is 18.8 Å². The Balaban J connectivity index is 1.76. The lowest BCUT2D eigenvalue weighted by atomic mass is 9.87. The van der Waals surface area contributed by atoms with Gasteiger partial charge in [0.05, 0.1) is 12.8 Å². The van der Waals surface area contributed by atoms with Crippen LogP contribution in [0.15, 0.2) is 53.5 Å². The highest BCUT2D eigenvalue weighted by Gasteiger charge is 2.58. The van der Waals surface area contributed by atoms with Gasteiger partial charge in [-0.05, 0) is 43.3 Å². The number of halogens is 1. The molecule has 2 amide bonds. The molecule has 2 atom stereocenters. The summed E-state index contributed by atoms with van der Waals surface area (Å²) in [7, 11) is 1.51. The molecule has 4 rings (SSSR count). The summed E-state index contributed by atoms with van der Waals surface area (Å²) in [5.41, 5.74) is -0.921. The molecule has 0 bridgehead atoms. The molecule has 2 aliphatic rings. The van der Waals surface area contributed by atoms with Gasteiger partial charge in [-0.3, -0.25) is 14.5 Å². The van der Waals surface area contributed by atoms with Gasteiger partial charge in [-0.25, -0.2) is 14.2 Å². The molecule has 148 valence electrons. The predicted molar refractivity (Wildman–Crippen MR) is 101 cm³/mol. The quantitative estimate of drug-likeness (QED) is 0.586. The fraction of sp³-hybridized carbons (Fsp3) is 0.238. The van der Waals surface area contributed by atoms with Crippen LogP contribution in [0.5, 0.6) is 5.75 Å². The minimum Gasteiger partial charge on any atom is -0.497 e. The number of benzene rings is 2. The lowest BCUT2D eigenvalue weighted by molar-refractivity contribution is -0.156. The number of ether oxygens (including phenoxy) is 2. The third kappa shape index (κ3) is 2.97. The Hall–Kier alpha value is -3.55. The number of amides is 2. The number of cyclic esters (lactones) is 1. The number of carbonyl (C=O) groups excluding carboxylic acids is 3. The van der Waals surface area contributed by atoms with E-state index in [1.807, 2.05) is 0 Å². The summed E-state index contributed by atoms with van der Waals surface area (Å²) >= 11 is 0. The third-order valence-electron chi connectivity index (χ3n) is 5.08. The van der Waals surface area contributed by atoms with Crippen molar-refractivity contribution in [2.24, 2.45) is 10.9 Å². The van der Waals surface area contributed by atoms with Gasteiger partial charge in [-0.2, -0.15) is 0 Å². The minimum atomic E-state index is -1.71. The SMILES string of the molecule is COc1ccc(N2C(=O)C[C@H]([C@@]3(c4ccc(F)cc4)N=C(C)C(=O)O3)C2=O)cc1. The lowest BCUT2D eigenvalue weighted by Gasteiger charge is -2.30. The van der Waals surface area contributed by atoms with Gasteiger partial charge in [-0.15, -0.1) is 0 Å². The maximum absolute atomic E-state index is 13.4. The molecule has 2 aliphatic heterocycles. The molecule has 8 heteroatoms. The van der Waals surface area contributed by atoms with Gasteiger partial charge in [-0.1, -0.05) is 12.1 Å². The van der Waals surface area contributed by atoms with Crippen LogP contribution in [0.4, 0.5) is 10.1 Å². The Kier molecular flexibility index (Phi) is 4.41. The van der Waals surface area contributed by atoms with Gasteiger partial charge in [0.2, 0.25) is 17.5 Å². The molecule has 29 heavy (non-hydrogen) atoms. The molecule has 0 unspecified atom stereocenters. The number of esters is 1. The maximum Gasteiger partial charge on any atom is 0.354 e. The van der Waals surface area contributed by atoms with Crippen LogP contribution in [0.25, 0.3) is 0 Å². The summed E-state index contributed by atoms with van der Waals surface area (Å²) in [6.45, 7) is 1.47. The maximum atomic E-state index is 13.4. The van der Waals surface area contributed by atoms with Crippen LogP contribution in [0.1, 0.15) is 18.9 Å². The highest BCUT2D eigenvalue weighted by Crippen LogP contribution is 2.45. The predicted octanol–water partition coefficient (Wildman–Crippen LogP) is 2.58. The first-order valence-corrected chi connectivity index (χ1v) is 8.92. The van der Waals surface area contributed by atoms with E-state index in [1.165, 1.54) is 38.3 Å². The zero-order valence-corrected chi connectivity index (χ0v) is 15.7. The van der Waals surface area contributed by atoms with Crippen LogP contribution in [0.3, 0.4) is 0 Å². The van der Waals surface area contributed by atoms with Crippen molar-refractivity contribution in [2.75, 3.05) is 12.0 Å². The highest BCUT2D eigenvalue weighted by atomic mass is 19.1. The van der Waals surface area contributed by atoms with E-state index < -0.39 is 35.2 Å². The molecule has 7 nitrogen and oxygen atoms in total. The van der Waals surface area contributed by atoms with Gasteiger partial charge < -0.3 is 9.47 Å². The zero-order chi connectivity index (χ0) is 20.8. The largest absolute Gasteiger partial charge is 0.497 e. The summed E-state index contributed by atoms with van der Waals surface area (Å²) in [6.07, 6.45) is -0.202. The monoisotopic (exact) mass is 396 g/mol. The van der Waals surface area contributed by atoms with E-state index >= 15 is 0 Å². The molecule has 0 aromatic heterocycles. The number of hydrogen-bond donors (Lipinski definition) is 0. The number of hydrogen-bond acceptors (Lipinski definition) is 6.